The Balaban J connectivity index is 2.29. The summed E-state index contributed by atoms with van der Waals surface area (Å²) in [5.74, 6) is 1.16. The predicted molar refractivity (Wildman–Crippen MR) is 99.3 cm³/mol. The first-order valence-electron chi connectivity index (χ1n) is 7.51. The molecule has 2 aromatic rings. The van der Waals surface area contributed by atoms with Gasteiger partial charge in [0.15, 0.2) is 11.5 Å². The van der Waals surface area contributed by atoms with E-state index in [0.29, 0.717) is 18.1 Å². The molecule has 0 fully saturated rings. The van der Waals surface area contributed by atoms with Crippen LogP contribution in [0.5, 0.6) is 11.5 Å². The molecule has 0 aliphatic rings. The summed E-state index contributed by atoms with van der Waals surface area (Å²) in [6, 6.07) is 9.81. The van der Waals surface area contributed by atoms with E-state index in [4.69, 9.17) is 32.7 Å². The molecule has 0 amide bonds. The molecule has 2 rings (SSSR count). The molecule has 8 heteroatoms. The Morgan fingerprint density at radius 2 is 1.84 bits per heavy atom. The van der Waals surface area contributed by atoms with Gasteiger partial charge in [-0.1, -0.05) is 35.3 Å². The van der Waals surface area contributed by atoms with Gasteiger partial charge in [-0.2, -0.15) is 4.31 Å². The molecule has 5 nitrogen and oxygen atoms in total. The summed E-state index contributed by atoms with van der Waals surface area (Å²) in [6.07, 6.45) is 0. The lowest BCUT2D eigenvalue weighted by atomic mass is 10.2. The first kappa shape index (κ1) is 19.8. The Morgan fingerprint density at radius 1 is 1.12 bits per heavy atom. The fraction of sp³-hybridized carbons (Fsp3) is 0.294. The minimum atomic E-state index is -3.79. The molecule has 0 radical (unpaired) electrons. The van der Waals surface area contributed by atoms with E-state index in [-0.39, 0.29) is 21.5 Å². The number of hydrogen-bond donors (Lipinski definition) is 0. The third-order valence-corrected chi connectivity index (χ3v) is 6.31. The van der Waals surface area contributed by atoms with Crippen molar-refractivity contribution < 1.29 is 17.9 Å². The molecule has 0 unspecified atom stereocenters. The van der Waals surface area contributed by atoms with Crippen LogP contribution in [0.4, 0.5) is 0 Å². The average Bonchev–Trinajstić information content (AvgIpc) is 2.58. The Kier molecular flexibility index (Phi) is 6.57. The molecular weight excluding hydrogens is 385 g/mol. The first-order valence-corrected chi connectivity index (χ1v) is 9.71. The van der Waals surface area contributed by atoms with Crippen LogP contribution in [0.3, 0.4) is 0 Å². The highest BCUT2D eigenvalue weighted by Crippen LogP contribution is 2.32. The van der Waals surface area contributed by atoms with E-state index >= 15 is 0 Å². The molecule has 0 aliphatic carbocycles. The van der Waals surface area contributed by atoms with Gasteiger partial charge in [-0.15, -0.1) is 0 Å². The van der Waals surface area contributed by atoms with Crippen LogP contribution in [-0.4, -0.2) is 33.5 Å². The normalized spacial score (nSPS) is 11.6. The van der Waals surface area contributed by atoms with Gasteiger partial charge in [0.05, 0.1) is 23.8 Å². The SMILES string of the molecule is CCOc1ccc(CN(C)S(=O)(=O)c2cccc(Cl)c2Cl)cc1OC. The summed E-state index contributed by atoms with van der Waals surface area (Å²) < 4.78 is 37.5. The van der Waals surface area contributed by atoms with Crippen molar-refractivity contribution in [2.24, 2.45) is 0 Å². The highest BCUT2D eigenvalue weighted by Gasteiger charge is 2.25. The van der Waals surface area contributed by atoms with Crippen LogP contribution >= 0.6 is 23.2 Å². The van der Waals surface area contributed by atoms with Gasteiger partial charge < -0.3 is 9.47 Å². The lowest BCUT2D eigenvalue weighted by Crippen LogP contribution is -2.26. The van der Waals surface area contributed by atoms with Gasteiger partial charge in [-0.05, 0) is 36.8 Å². The van der Waals surface area contributed by atoms with Crippen LogP contribution < -0.4 is 9.47 Å². The van der Waals surface area contributed by atoms with Crippen molar-refractivity contribution in [3.05, 3.63) is 52.0 Å². The minimum absolute atomic E-state index is 0.0142. The van der Waals surface area contributed by atoms with Gasteiger partial charge in [-0.3, -0.25) is 0 Å². The van der Waals surface area contributed by atoms with E-state index in [1.54, 1.807) is 30.3 Å². The maximum atomic E-state index is 12.8. The van der Waals surface area contributed by atoms with E-state index in [0.717, 1.165) is 5.56 Å². The molecule has 0 saturated carbocycles. The van der Waals surface area contributed by atoms with Crippen molar-refractivity contribution in [1.29, 1.82) is 0 Å². The van der Waals surface area contributed by atoms with Crippen LogP contribution in [0.2, 0.25) is 10.0 Å². The van der Waals surface area contributed by atoms with Crippen molar-refractivity contribution in [2.45, 2.75) is 18.4 Å². The molecule has 2 aromatic carbocycles. The largest absolute Gasteiger partial charge is 0.493 e. The summed E-state index contributed by atoms with van der Waals surface area (Å²) in [4.78, 5) is -0.0259. The van der Waals surface area contributed by atoms with E-state index in [1.807, 2.05) is 6.92 Å². The van der Waals surface area contributed by atoms with E-state index in [1.165, 1.54) is 24.5 Å². The third-order valence-electron chi connectivity index (χ3n) is 3.54. The van der Waals surface area contributed by atoms with E-state index in [2.05, 4.69) is 0 Å². The zero-order valence-corrected chi connectivity index (χ0v) is 16.5. The average molecular weight is 404 g/mol. The molecule has 0 bridgehead atoms. The molecule has 0 aromatic heterocycles. The Labute approximate surface area is 158 Å². The van der Waals surface area contributed by atoms with Gasteiger partial charge in [0.1, 0.15) is 4.90 Å². The number of methoxy groups -OCH3 is 1. The second kappa shape index (κ2) is 8.27. The number of hydrogen-bond acceptors (Lipinski definition) is 4. The van der Waals surface area contributed by atoms with Gasteiger partial charge in [-0.25, -0.2) is 8.42 Å². The predicted octanol–water partition coefficient (Wildman–Crippen LogP) is 4.22. The van der Waals surface area contributed by atoms with Crippen LogP contribution in [-0.2, 0) is 16.6 Å². The summed E-state index contributed by atoms with van der Waals surface area (Å²) in [5.41, 5.74) is 0.754. The smallest absolute Gasteiger partial charge is 0.244 e. The van der Waals surface area contributed by atoms with Crippen LogP contribution in [0.25, 0.3) is 0 Å². The van der Waals surface area contributed by atoms with E-state index in [9.17, 15) is 8.42 Å². The third kappa shape index (κ3) is 4.39. The Bertz CT molecular complexity index is 856. The monoisotopic (exact) mass is 403 g/mol. The molecule has 25 heavy (non-hydrogen) atoms. The second-order valence-corrected chi connectivity index (χ2v) is 8.03. The van der Waals surface area contributed by atoms with Crippen molar-refractivity contribution in [2.75, 3.05) is 20.8 Å². The number of benzene rings is 2. The fourth-order valence-corrected chi connectivity index (χ4v) is 4.17. The Hall–Kier alpha value is -1.47. The number of nitrogens with zero attached hydrogens (tertiary/aromatic N) is 1. The number of sulfonamides is 1. The fourth-order valence-electron chi connectivity index (χ4n) is 2.28. The first-order chi connectivity index (χ1) is 11.8. The quantitative estimate of drug-likeness (QED) is 0.694. The molecule has 0 saturated heterocycles. The summed E-state index contributed by atoms with van der Waals surface area (Å²) in [5, 5.41) is 0.208. The molecule has 0 atom stereocenters. The number of ether oxygens (including phenoxy) is 2. The van der Waals surface area contributed by atoms with Crippen molar-refractivity contribution in [1.82, 2.24) is 4.31 Å². The summed E-state index contributed by atoms with van der Waals surface area (Å²) >= 11 is 12.0. The van der Waals surface area contributed by atoms with Crippen LogP contribution in [0, 0.1) is 0 Å². The van der Waals surface area contributed by atoms with Gasteiger partial charge in [0.25, 0.3) is 0 Å². The van der Waals surface area contributed by atoms with Gasteiger partial charge in [0, 0.05) is 13.6 Å². The van der Waals surface area contributed by atoms with Gasteiger partial charge >= 0.3 is 0 Å². The molecule has 0 spiro atoms. The van der Waals surface area contributed by atoms with Crippen LogP contribution in [0.1, 0.15) is 12.5 Å². The van der Waals surface area contributed by atoms with Crippen molar-refractivity contribution in [3.8, 4) is 11.5 Å². The Morgan fingerprint density at radius 3 is 2.48 bits per heavy atom. The highest BCUT2D eigenvalue weighted by molar-refractivity contribution is 7.89. The lowest BCUT2D eigenvalue weighted by molar-refractivity contribution is 0.310. The molecule has 0 N–H and O–H groups in total. The zero-order valence-electron chi connectivity index (χ0n) is 14.1. The topological polar surface area (TPSA) is 55.8 Å². The number of rotatable bonds is 7. The summed E-state index contributed by atoms with van der Waals surface area (Å²) in [6.45, 7) is 2.54. The molecule has 0 heterocycles. The van der Waals surface area contributed by atoms with Crippen LogP contribution in [0.15, 0.2) is 41.3 Å². The van der Waals surface area contributed by atoms with E-state index < -0.39 is 10.0 Å². The van der Waals surface area contributed by atoms with Crippen molar-refractivity contribution in [3.63, 3.8) is 0 Å². The van der Waals surface area contributed by atoms with Crippen molar-refractivity contribution >= 4 is 33.2 Å². The standard InChI is InChI=1S/C17H19Cl2NO4S/c1-4-24-14-9-8-12(10-15(14)23-3)11-20(2)25(21,22)16-7-5-6-13(18)17(16)19/h5-10H,4,11H2,1-3H3. The minimum Gasteiger partial charge on any atom is -0.493 e. The maximum absolute atomic E-state index is 12.8. The molecule has 136 valence electrons. The molecular formula is C17H19Cl2NO4S. The lowest BCUT2D eigenvalue weighted by Gasteiger charge is -2.19. The molecule has 0 aliphatic heterocycles. The second-order valence-electron chi connectivity index (χ2n) is 5.23. The zero-order chi connectivity index (χ0) is 18.6. The highest BCUT2D eigenvalue weighted by atomic mass is 35.5. The number of halogens is 2. The van der Waals surface area contributed by atoms with Gasteiger partial charge in [0.2, 0.25) is 10.0 Å². The maximum Gasteiger partial charge on any atom is 0.244 e. The summed E-state index contributed by atoms with van der Waals surface area (Å²) in [7, 11) is -0.768.